The van der Waals surface area contributed by atoms with Gasteiger partial charge in [-0.05, 0) is 59.2 Å². The standard InChI is InChI=1S/C20H27NO4/c1-11(2)24-17-9-8-16(10-18(17)23-7)13(4)21-20(22)19-12(3)14(5)25-15(19)6/h8-11,13H,1-7H3,(H,21,22). The van der Waals surface area contributed by atoms with Crippen LogP contribution in [0.1, 0.15) is 59.8 Å². The molecule has 0 aliphatic rings. The minimum Gasteiger partial charge on any atom is -0.493 e. The fraction of sp³-hybridized carbons (Fsp3) is 0.450. The highest BCUT2D eigenvalue weighted by atomic mass is 16.5. The van der Waals surface area contributed by atoms with Crippen molar-refractivity contribution in [3.8, 4) is 11.5 Å². The highest BCUT2D eigenvalue weighted by Gasteiger charge is 2.21. The molecule has 1 aromatic heterocycles. The first kappa shape index (κ1) is 18.9. The van der Waals surface area contributed by atoms with Gasteiger partial charge in [0.15, 0.2) is 11.5 Å². The molecule has 0 fully saturated rings. The van der Waals surface area contributed by atoms with Crippen molar-refractivity contribution in [1.29, 1.82) is 0 Å². The number of methoxy groups -OCH3 is 1. The fourth-order valence-corrected chi connectivity index (χ4v) is 2.78. The molecule has 0 aliphatic heterocycles. The lowest BCUT2D eigenvalue weighted by Gasteiger charge is -2.18. The predicted octanol–water partition coefficient (Wildman–Crippen LogP) is 4.49. The van der Waals surface area contributed by atoms with E-state index in [-0.39, 0.29) is 18.1 Å². The first-order valence-corrected chi connectivity index (χ1v) is 8.46. The molecule has 5 heteroatoms. The largest absolute Gasteiger partial charge is 0.493 e. The predicted molar refractivity (Wildman–Crippen MR) is 97.6 cm³/mol. The van der Waals surface area contributed by atoms with E-state index in [1.165, 1.54) is 0 Å². The molecule has 1 aromatic carbocycles. The van der Waals surface area contributed by atoms with Gasteiger partial charge in [-0.15, -0.1) is 0 Å². The molecule has 1 amide bonds. The van der Waals surface area contributed by atoms with E-state index in [9.17, 15) is 4.79 Å². The van der Waals surface area contributed by atoms with E-state index in [4.69, 9.17) is 13.9 Å². The average Bonchev–Trinajstić information content (AvgIpc) is 2.79. The van der Waals surface area contributed by atoms with Crippen LogP contribution in [0.2, 0.25) is 0 Å². The lowest BCUT2D eigenvalue weighted by atomic mass is 10.1. The van der Waals surface area contributed by atoms with Crippen molar-refractivity contribution in [2.24, 2.45) is 0 Å². The first-order chi connectivity index (χ1) is 11.7. The second-order valence-electron chi connectivity index (χ2n) is 6.49. The number of ether oxygens (including phenoxy) is 2. The van der Waals surface area contributed by atoms with Gasteiger partial charge in [0, 0.05) is 5.56 Å². The van der Waals surface area contributed by atoms with Crippen LogP contribution in [0.25, 0.3) is 0 Å². The summed E-state index contributed by atoms with van der Waals surface area (Å²) in [7, 11) is 1.61. The second-order valence-corrected chi connectivity index (χ2v) is 6.49. The van der Waals surface area contributed by atoms with Crippen LogP contribution in [0, 0.1) is 20.8 Å². The SMILES string of the molecule is COc1cc(C(C)NC(=O)c2c(C)oc(C)c2C)ccc1OC(C)C. The minimum atomic E-state index is -0.177. The Hall–Kier alpha value is -2.43. The summed E-state index contributed by atoms with van der Waals surface area (Å²) < 4.78 is 16.7. The van der Waals surface area contributed by atoms with Crippen molar-refractivity contribution >= 4 is 5.91 Å². The van der Waals surface area contributed by atoms with Crippen LogP contribution < -0.4 is 14.8 Å². The maximum Gasteiger partial charge on any atom is 0.255 e. The third kappa shape index (κ3) is 4.16. The molecule has 1 unspecified atom stereocenters. The third-order valence-electron chi connectivity index (χ3n) is 4.19. The highest BCUT2D eigenvalue weighted by Crippen LogP contribution is 2.31. The molecule has 0 saturated carbocycles. The van der Waals surface area contributed by atoms with Crippen molar-refractivity contribution in [2.45, 2.75) is 53.7 Å². The van der Waals surface area contributed by atoms with Crippen molar-refractivity contribution < 1.29 is 18.7 Å². The van der Waals surface area contributed by atoms with Gasteiger partial charge in [0.05, 0.1) is 24.8 Å². The molecule has 5 nitrogen and oxygen atoms in total. The van der Waals surface area contributed by atoms with Gasteiger partial charge in [0.2, 0.25) is 0 Å². The number of amides is 1. The molecule has 1 atom stereocenters. The van der Waals surface area contributed by atoms with E-state index < -0.39 is 0 Å². The fourth-order valence-electron chi connectivity index (χ4n) is 2.78. The molecular formula is C20H27NO4. The van der Waals surface area contributed by atoms with Crippen molar-refractivity contribution in [2.75, 3.05) is 7.11 Å². The number of hydrogen-bond acceptors (Lipinski definition) is 4. The van der Waals surface area contributed by atoms with Gasteiger partial charge in [-0.3, -0.25) is 4.79 Å². The Morgan fingerprint density at radius 3 is 2.28 bits per heavy atom. The number of hydrogen-bond donors (Lipinski definition) is 1. The number of carbonyl (C=O) groups is 1. The zero-order chi connectivity index (χ0) is 18.7. The highest BCUT2D eigenvalue weighted by molar-refractivity contribution is 5.97. The zero-order valence-corrected chi connectivity index (χ0v) is 16.0. The minimum absolute atomic E-state index is 0.0622. The van der Waals surface area contributed by atoms with Crippen LogP contribution in [-0.4, -0.2) is 19.1 Å². The van der Waals surface area contributed by atoms with Gasteiger partial charge >= 0.3 is 0 Å². The quantitative estimate of drug-likeness (QED) is 0.838. The van der Waals surface area contributed by atoms with Gasteiger partial charge in [0.1, 0.15) is 11.5 Å². The van der Waals surface area contributed by atoms with Gasteiger partial charge in [0.25, 0.3) is 5.91 Å². The second kappa shape index (κ2) is 7.64. The van der Waals surface area contributed by atoms with E-state index >= 15 is 0 Å². The molecule has 2 aromatic rings. The van der Waals surface area contributed by atoms with Crippen molar-refractivity contribution in [1.82, 2.24) is 5.32 Å². The summed E-state index contributed by atoms with van der Waals surface area (Å²) in [5, 5.41) is 3.02. The lowest BCUT2D eigenvalue weighted by molar-refractivity contribution is 0.0938. The van der Waals surface area contributed by atoms with Crippen molar-refractivity contribution in [3.05, 3.63) is 46.4 Å². The number of rotatable bonds is 6. The molecule has 0 bridgehead atoms. The smallest absolute Gasteiger partial charge is 0.255 e. The average molecular weight is 345 g/mol. The summed E-state index contributed by atoms with van der Waals surface area (Å²) in [6.45, 7) is 11.4. The van der Waals surface area contributed by atoms with Crippen LogP contribution in [0.4, 0.5) is 0 Å². The van der Waals surface area contributed by atoms with E-state index in [0.29, 0.717) is 22.8 Å². The Labute approximate surface area is 149 Å². The molecule has 1 N–H and O–H groups in total. The molecule has 1 heterocycles. The Bertz CT molecular complexity index is 761. The summed E-state index contributed by atoms with van der Waals surface area (Å²) in [5.74, 6) is 2.61. The molecule has 2 rings (SSSR count). The summed E-state index contributed by atoms with van der Waals surface area (Å²) in [6.07, 6.45) is 0.0622. The monoisotopic (exact) mass is 345 g/mol. The van der Waals surface area contributed by atoms with Crippen LogP contribution in [0.5, 0.6) is 11.5 Å². The molecule has 0 radical (unpaired) electrons. The Morgan fingerprint density at radius 1 is 1.08 bits per heavy atom. The van der Waals surface area contributed by atoms with Gasteiger partial charge in [-0.2, -0.15) is 0 Å². The normalized spacial score (nSPS) is 12.2. The molecule has 136 valence electrons. The van der Waals surface area contributed by atoms with E-state index in [2.05, 4.69) is 5.32 Å². The summed E-state index contributed by atoms with van der Waals surface area (Å²) in [6, 6.07) is 5.52. The molecular weight excluding hydrogens is 318 g/mol. The molecule has 25 heavy (non-hydrogen) atoms. The maximum atomic E-state index is 12.6. The van der Waals surface area contributed by atoms with E-state index in [1.54, 1.807) is 14.0 Å². The number of aryl methyl sites for hydroxylation is 2. The van der Waals surface area contributed by atoms with Crippen molar-refractivity contribution in [3.63, 3.8) is 0 Å². The Balaban J connectivity index is 2.20. The maximum absolute atomic E-state index is 12.6. The van der Waals surface area contributed by atoms with Gasteiger partial charge in [-0.1, -0.05) is 6.07 Å². The molecule has 0 saturated heterocycles. The van der Waals surface area contributed by atoms with Crippen LogP contribution in [0.15, 0.2) is 22.6 Å². The zero-order valence-electron chi connectivity index (χ0n) is 16.0. The topological polar surface area (TPSA) is 60.7 Å². The van der Waals surface area contributed by atoms with Gasteiger partial charge in [-0.25, -0.2) is 0 Å². The first-order valence-electron chi connectivity index (χ1n) is 8.46. The number of carbonyl (C=O) groups excluding carboxylic acids is 1. The lowest BCUT2D eigenvalue weighted by Crippen LogP contribution is -2.27. The van der Waals surface area contributed by atoms with E-state index in [1.807, 2.05) is 52.8 Å². The third-order valence-corrected chi connectivity index (χ3v) is 4.19. The molecule has 0 spiro atoms. The number of nitrogens with one attached hydrogen (secondary N) is 1. The van der Waals surface area contributed by atoms with E-state index in [0.717, 1.165) is 16.9 Å². The summed E-state index contributed by atoms with van der Waals surface area (Å²) in [5.41, 5.74) is 2.42. The summed E-state index contributed by atoms with van der Waals surface area (Å²) in [4.78, 5) is 12.6. The Morgan fingerprint density at radius 2 is 1.76 bits per heavy atom. The van der Waals surface area contributed by atoms with Gasteiger partial charge < -0.3 is 19.2 Å². The molecule has 0 aliphatic carbocycles. The van der Waals surface area contributed by atoms with Crippen LogP contribution >= 0.6 is 0 Å². The van der Waals surface area contributed by atoms with Crippen LogP contribution in [-0.2, 0) is 0 Å². The number of furan rings is 1. The van der Waals surface area contributed by atoms with Crippen LogP contribution in [0.3, 0.4) is 0 Å². The Kier molecular flexibility index (Phi) is 5.77. The summed E-state index contributed by atoms with van der Waals surface area (Å²) >= 11 is 0. The number of benzene rings is 1.